The molecule has 0 saturated carbocycles. The maximum Gasteiger partial charge on any atom is 0.256 e. The first-order valence-corrected chi connectivity index (χ1v) is 6.81. The van der Waals surface area contributed by atoms with Crippen LogP contribution in [0.15, 0.2) is 28.9 Å². The highest BCUT2D eigenvalue weighted by atomic mass is 16.5. The minimum absolute atomic E-state index is 0.00918. The van der Waals surface area contributed by atoms with Crippen LogP contribution in [-0.2, 0) is 19.5 Å². The van der Waals surface area contributed by atoms with Gasteiger partial charge < -0.3 is 9.42 Å². The fraction of sp³-hybridized carbons (Fsp3) is 0.400. The highest BCUT2D eigenvalue weighted by Crippen LogP contribution is 2.22. The summed E-state index contributed by atoms with van der Waals surface area (Å²) in [6.45, 7) is 5.26. The average Bonchev–Trinajstić information content (AvgIpc) is 2.96. The van der Waals surface area contributed by atoms with Gasteiger partial charge in [-0.3, -0.25) is 9.78 Å². The smallest absolute Gasteiger partial charge is 0.256 e. The summed E-state index contributed by atoms with van der Waals surface area (Å²) in [7, 11) is 0. The number of amides is 1. The van der Waals surface area contributed by atoms with E-state index in [0.717, 1.165) is 23.6 Å². The lowest BCUT2D eigenvalue weighted by Gasteiger charge is -2.12. The van der Waals surface area contributed by atoms with Crippen molar-refractivity contribution >= 4 is 5.91 Å². The van der Waals surface area contributed by atoms with Gasteiger partial charge in [0, 0.05) is 12.3 Å². The SMILES string of the molecule is CC(C)Cc1cc(CN2Cc3ncccc3C2=O)on1. The molecule has 1 aliphatic heterocycles. The molecule has 5 nitrogen and oxygen atoms in total. The second-order valence-electron chi connectivity index (χ2n) is 5.54. The van der Waals surface area contributed by atoms with Crippen LogP contribution in [0.5, 0.6) is 0 Å². The predicted molar refractivity (Wildman–Crippen MR) is 72.9 cm³/mol. The van der Waals surface area contributed by atoms with E-state index in [1.54, 1.807) is 17.2 Å². The van der Waals surface area contributed by atoms with E-state index in [2.05, 4.69) is 24.0 Å². The van der Waals surface area contributed by atoms with Gasteiger partial charge in [0.25, 0.3) is 5.91 Å². The van der Waals surface area contributed by atoms with Crippen LogP contribution in [-0.4, -0.2) is 20.9 Å². The molecule has 1 aliphatic rings. The second-order valence-corrected chi connectivity index (χ2v) is 5.54. The highest BCUT2D eigenvalue weighted by molar-refractivity contribution is 5.97. The number of rotatable bonds is 4. The van der Waals surface area contributed by atoms with Gasteiger partial charge in [-0.05, 0) is 24.5 Å². The molecule has 3 heterocycles. The van der Waals surface area contributed by atoms with E-state index in [1.807, 2.05) is 12.1 Å². The van der Waals surface area contributed by atoms with Gasteiger partial charge in [-0.15, -0.1) is 0 Å². The summed E-state index contributed by atoms with van der Waals surface area (Å²) < 4.78 is 5.31. The first kappa shape index (κ1) is 12.8. The summed E-state index contributed by atoms with van der Waals surface area (Å²) >= 11 is 0. The summed E-state index contributed by atoms with van der Waals surface area (Å²) in [6.07, 6.45) is 2.60. The third-order valence-corrected chi connectivity index (χ3v) is 3.32. The zero-order valence-electron chi connectivity index (χ0n) is 11.7. The van der Waals surface area contributed by atoms with Gasteiger partial charge in [-0.2, -0.15) is 0 Å². The third-order valence-electron chi connectivity index (χ3n) is 3.32. The Morgan fingerprint density at radius 3 is 3.05 bits per heavy atom. The predicted octanol–water partition coefficient (Wildman–Crippen LogP) is 2.42. The van der Waals surface area contributed by atoms with Crippen molar-refractivity contribution in [2.75, 3.05) is 0 Å². The zero-order valence-corrected chi connectivity index (χ0v) is 11.7. The van der Waals surface area contributed by atoms with Crippen LogP contribution in [0.1, 0.15) is 41.4 Å². The minimum Gasteiger partial charge on any atom is -0.359 e. The molecule has 0 radical (unpaired) electrons. The molecule has 20 heavy (non-hydrogen) atoms. The Bertz CT molecular complexity index is 634. The quantitative estimate of drug-likeness (QED) is 0.857. The van der Waals surface area contributed by atoms with Crippen molar-refractivity contribution < 1.29 is 9.32 Å². The van der Waals surface area contributed by atoms with E-state index in [4.69, 9.17) is 4.52 Å². The molecule has 0 saturated heterocycles. The molecule has 3 rings (SSSR count). The van der Waals surface area contributed by atoms with Crippen LogP contribution in [0.25, 0.3) is 0 Å². The largest absolute Gasteiger partial charge is 0.359 e. The fourth-order valence-corrected chi connectivity index (χ4v) is 2.44. The molecule has 0 aromatic carbocycles. The lowest BCUT2D eigenvalue weighted by atomic mass is 10.1. The van der Waals surface area contributed by atoms with Crippen molar-refractivity contribution in [1.29, 1.82) is 0 Å². The van der Waals surface area contributed by atoms with E-state index in [9.17, 15) is 4.79 Å². The van der Waals surface area contributed by atoms with Crippen molar-refractivity contribution in [3.63, 3.8) is 0 Å². The van der Waals surface area contributed by atoms with Crippen molar-refractivity contribution in [2.45, 2.75) is 33.4 Å². The molecule has 0 fully saturated rings. The van der Waals surface area contributed by atoms with Crippen LogP contribution >= 0.6 is 0 Å². The minimum atomic E-state index is 0.00918. The number of fused-ring (bicyclic) bond motifs is 1. The summed E-state index contributed by atoms with van der Waals surface area (Å²) in [6, 6.07) is 5.54. The van der Waals surface area contributed by atoms with E-state index in [0.29, 0.717) is 24.6 Å². The van der Waals surface area contributed by atoms with Gasteiger partial charge in [0.15, 0.2) is 5.76 Å². The van der Waals surface area contributed by atoms with Crippen LogP contribution < -0.4 is 0 Å². The van der Waals surface area contributed by atoms with Crippen molar-refractivity contribution in [2.24, 2.45) is 5.92 Å². The lowest BCUT2D eigenvalue weighted by molar-refractivity contribution is 0.0751. The standard InChI is InChI=1S/C15H17N3O2/c1-10(2)6-11-7-12(20-17-11)8-18-9-14-13(15(18)19)4-3-5-16-14/h3-5,7,10H,6,8-9H2,1-2H3. The van der Waals surface area contributed by atoms with Gasteiger partial charge >= 0.3 is 0 Å². The Labute approximate surface area is 117 Å². The number of carbonyl (C=O) groups excluding carboxylic acids is 1. The maximum absolute atomic E-state index is 12.2. The number of pyridine rings is 1. The first-order chi connectivity index (χ1) is 9.63. The molecule has 2 aromatic rings. The molecule has 0 spiro atoms. The van der Waals surface area contributed by atoms with Gasteiger partial charge in [0.1, 0.15) is 0 Å². The van der Waals surface area contributed by atoms with Gasteiger partial charge in [-0.1, -0.05) is 19.0 Å². The van der Waals surface area contributed by atoms with Crippen molar-refractivity contribution in [3.05, 3.63) is 47.1 Å². The number of aromatic nitrogens is 2. The van der Waals surface area contributed by atoms with Crippen LogP contribution in [0.4, 0.5) is 0 Å². The van der Waals surface area contributed by atoms with E-state index in [-0.39, 0.29) is 5.91 Å². The Morgan fingerprint density at radius 2 is 2.30 bits per heavy atom. The number of carbonyl (C=O) groups is 1. The molecule has 104 valence electrons. The number of nitrogens with zero attached hydrogens (tertiary/aromatic N) is 3. The summed E-state index contributed by atoms with van der Waals surface area (Å²) in [5.41, 5.74) is 2.46. The summed E-state index contributed by atoms with van der Waals surface area (Å²) in [4.78, 5) is 18.2. The molecule has 0 N–H and O–H groups in total. The van der Waals surface area contributed by atoms with Gasteiger partial charge in [0.05, 0.1) is 30.0 Å². The maximum atomic E-state index is 12.2. The summed E-state index contributed by atoms with van der Waals surface area (Å²) in [5, 5.41) is 4.04. The summed E-state index contributed by atoms with van der Waals surface area (Å²) in [5.74, 6) is 1.27. The molecule has 0 aliphatic carbocycles. The van der Waals surface area contributed by atoms with E-state index < -0.39 is 0 Å². The van der Waals surface area contributed by atoms with Gasteiger partial charge in [0.2, 0.25) is 0 Å². The molecule has 2 aromatic heterocycles. The normalized spacial score (nSPS) is 14.2. The second kappa shape index (κ2) is 5.07. The van der Waals surface area contributed by atoms with Gasteiger partial charge in [-0.25, -0.2) is 0 Å². The topological polar surface area (TPSA) is 59.2 Å². The zero-order chi connectivity index (χ0) is 14.1. The Hall–Kier alpha value is -2.17. The fourth-order valence-electron chi connectivity index (χ4n) is 2.44. The van der Waals surface area contributed by atoms with E-state index in [1.165, 1.54) is 0 Å². The molecule has 0 bridgehead atoms. The van der Waals surface area contributed by atoms with Crippen LogP contribution in [0, 0.1) is 5.92 Å². The molecule has 0 atom stereocenters. The van der Waals surface area contributed by atoms with Crippen molar-refractivity contribution in [3.8, 4) is 0 Å². The molecule has 5 heteroatoms. The first-order valence-electron chi connectivity index (χ1n) is 6.81. The Balaban J connectivity index is 1.71. The number of hydrogen-bond donors (Lipinski definition) is 0. The number of hydrogen-bond acceptors (Lipinski definition) is 4. The Kier molecular flexibility index (Phi) is 3.26. The lowest BCUT2D eigenvalue weighted by Crippen LogP contribution is -2.22. The monoisotopic (exact) mass is 271 g/mol. The Morgan fingerprint density at radius 1 is 1.45 bits per heavy atom. The van der Waals surface area contributed by atoms with Crippen LogP contribution in [0.3, 0.4) is 0 Å². The van der Waals surface area contributed by atoms with E-state index >= 15 is 0 Å². The van der Waals surface area contributed by atoms with Crippen molar-refractivity contribution in [1.82, 2.24) is 15.0 Å². The van der Waals surface area contributed by atoms with Crippen LogP contribution in [0.2, 0.25) is 0 Å². The molecular weight excluding hydrogens is 254 g/mol. The third kappa shape index (κ3) is 2.43. The highest BCUT2D eigenvalue weighted by Gasteiger charge is 2.28. The molecule has 0 unspecified atom stereocenters. The average molecular weight is 271 g/mol. The molecular formula is C15H17N3O2. The molecule has 1 amide bonds.